The number of nitrogens with zero attached hydrogens (tertiary/aromatic N) is 4. The van der Waals surface area contributed by atoms with Crippen LogP contribution in [-0.4, -0.2) is 82.4 Å². The van der Waals surface area contributed by atoms with Gasteiger partial charge in [0.15, 0.2) is 10.8 Å². The molecule has 10 nitrogen and oxygen atoms in total. The Labute approximate surface area is 241 Å². The molecule has 2 fully saturated rings. The summed E-state index contributed by atoms with van der Waals surface area (Å²) in [6.45, 7) is 8.24. The Morgan fingerprint density at radius 2 is 2.10 bits per heavy atom. The van der Waals surface area contributed by atoms with Gasteiger partial charge >= 0.3 is 11.9 Å². The van der Waals surface area contributed by atoms with Crippen LogP contribution in [0.4, 0.5) is 4.39 Å². The van der Waals surface area contributed by atoms with E-state index in [-0.39, 0.29) is 36.6 Å². The Morgan fingerprint density at radius 3 is 2.78 bits per heavy atom. The quantitative estimate of drug-likeness (QED) is 0.432. The van der Waals surface area contributed by atoms with Gasteiger partial charge in [-0.2, -0.15) is 0 Å². The van der Waals surface area contributed by atoms with Crippen molar-refractivity contribution in [2.24, 2.45) is 16.3 Å². The van der Waals surface area contributed by atoms with Crippen LogP contribution in [-0.2, 0) is 19.1 Å². The number of amidine groups is 1. The number of rotatable bonds is 9. The van der Waals surface area contributed by atoms with E-state index in [0.717, 1.165) is 0 Å². The monoisotopic (exact) mass is 583 g/mol. The summed E-state index contributed by atoms with van der Waals surface area (Å²) in [5, 5.41) is 15.4. The number of ether oxygens (including phenoxy) is 1. The second kappa shape index (κ2) is 11.3. The summed E-state index contributed by atoms with van der Waals surface area (Å²) in [6, 6.07) is 3.78. The van der Waals surface area contributed by atoms with Crippen LogP contribution in [0.2, 0.25) is 0 Å². The van der Waals surface area contributed by atoms with Crippen molar-refractivity contribution in [2.45, 2.75) is 46.2 Å². The van der Waals surface area contributed by atoms with Gasteiger partial charge in [-0.3, -0.25) is 19.5 Å². The SMILES string of the molecule is CCOC(=O)C1=C(CN2CC[C@H]3C(=O)N(CC(C)(C)C(=O)O)C[C@H]32)NC(c2nccs2)=N[C@H]1c1cccc(F)c1C. The lowest BCUT2D eigenvalue weighted by Gasteiger charge is -2.32. The van der Waals surface area contributed by atoms with Gasteiger partial charge in [0.1, 0.15) is 11.9 Å². The molecule has 3 aliphatic heterocycles. The standard InChI is InChI=1S/C29H34FN5O5S/c1-5-40-27(37)22-20(13-34-11-9-18-21(34)14-35(26(18)36)15-29(3,4)28(38)39)32-24(25-31-10-12-41-25)33-23(22)17-7-6-8-19(30)16(17)2/h6-8,10,12,18,21,23H,5,9,11,13-15H2,1-4H3,(H,32,33)(H,38,39)/t18-,21-,23+/m1/s1. The van der Waals surface area contributed by atoms with Gasteiger partial charge < -0.3 is 20.1 Å². The van der Waals surface area contributed by atoms with E-state index in [2.05, 4.69) is 15.2 Å². The van der Waals surface area contributed by atoms with Gasteiger partial charge in [0.2, 0.25) is 5.91 Å². The van der Waals surface area contributed by atoms with E-state index in [1.54, 1.807) is 50.9 Å². The average molecular weight is 584 g/mol. The van der Waals surface area contributed by atoms with Crippen molar-refractivity contribution in [3.05, 3.63) is 63.0 Å². The van der Waals surface area contributed by atoms with Gasteiger partial charge in [0, 0.05) is 43.0 Å². The lowest BCUT2D eigenvalue weighted by Crippen LogP contribution is -2.44. The van der Waals surface area contributed by atoms with Crippen LogP contribution < -0.4 is 5.32 Å². The minimum atomic E-state index is -1.07. The number of aliphatic imine (C=N–C) groups is 1. The molecule has 1 amide bonds. The Morgan fingerprint density at radius 1 is 1.32 bits per heavy atom. The Hall–Kier alpha value is -3.64. The molecule has 1 aromatic heterocycles. The van der Waals surface area contributed by atoms with E-state index in [1.807, 2.05) is 5.38 Å². The maximum atomic E-state index is 14.7. The number of carboxylic acid groups (broad SMARTS) is 1. The summed E-state index contributed by atoms with van der Waals surface area (Å²) in [4.78, 5) is 51.5. The van der Waals surface area contributed by atoms with Crippen molar-refractivity contribution in [1.29, 1.82) is 0 Å². The first kappa shape index (κ1) is 28.9. The number of hydrogen-bond donors (Lipinski definition) is 2. The summed E-state index contributed by atoms with van der Waals surface area (Å²) < 4.78 is 20.2. The largest absolute Gasteiger partial charge is 0.481 e. The minimum absolute atomic E-state index is 0.0404. The number of thiazole rings is 1. The van der Waals surface area contributed by atoms with Crippen LogP contribution >= 0.6 is 11.3 Å². The molecule has 1 aromatic carbocycles. The zero-order chi connectivity index (χ0) is 29.5. The molecule has 3 atom stereocenters. The first-order chi connectivity index (χ1) is 19.5. The Balaban J connectivity index is 1.51. The van der Waals surface area contributed by atoms with Gasteiger partial charge in [0.25, 0.3) is 0 Å². The number of nitrogens with one attached hydrogen (secondary N) is 1. The maximum Gasteiger partial charge on any atom is 0.338 e. The van der Waals surface area contributed by atoms with Gasteiger partial charge in [-0.05, 0) is 57.9 Å². The number of hydrogen-bond acceptors (Lipinski definition) is 9. The molecule has 0 spiro atoms. The maximum absolute atomic E-state index is 14.7. The number of aromatic nitrogens is 1. The van der Waals surface area contributed by atoms with Crippen molar-refractivity contribution in [1.82, 2.24) is 20.1 Å². The molecule has 0 unspecified atom stereocenters. The van der Waals surface area contributed by atoms with Gasteiger partial charge in [-0.1, -0.05) is 12.1 Å². The number of carbonyl (C=O) groups is 3. The zero-order valence-electron chi connectivity index (χ0n) is 23.5. The highest BCUT2D eigenvalue weighted by atomic mass is 32.1. The molecule has 218 valence electrons. The molecule has 2 aromatic rings. The molecule has 0 radical (unpaired) electrons. The van der Waals surface area contributed by atoms with E-state index in [9.17, 15) is 23.9 Å². The van der Waals surface area contributed by atoms with Crippen molar-refractivity contribution in [3.63, 3.8) is 0 Å². The van der Waals surface area contributed by atoms with Crippen LogP contribution in [0.3, 0.4) is 0 Å². The number of benzene rings is 1. The third kappa shape index (κ3) is 5.50. The molecule has 12 heteroatoms. The highest BCUT2D eigenvalue weighted by molar-refractivity contribution is 7.11. The summed E-state index contributed by atoms with van der Waals surface area (Å²) >= 11 is 1.39. The fourth-order valence-electron chi connectivity index (χ4n) is 5.85. The molecule has 2 saturated heterocycles. The van der Waals surface area contributed by atoms with E-state index in [0.29, 0.717) is 53.7 Å². The fourth-order valence-corrected chi connectivity index (χ4v) is 6.44. The smallest absolute Gasteiger partial charge is 0.338 e. The highest BCUT2D eigenvalue weighted by Crippen LogP contribution is 2.38. The highest BCUT2D eigenvalue weighted by Gasteiger charge is 2.49. The van der Waals surface area contributed by atoms with Crippen LogP contribution in [0, 0.1) is 24.1 Å². The molecular formula is C29H34FN5O5S. The third-order valence-electron chi connectivity index (χ3n) is 8.08. The van der Waals surface area contributed by atoms with E-state index in [4.69, 9.17) is 9.73 Å². The molecule has 3 aliphatic rings. The third-order valence-corrected chi connectivity index (χ3v) is 8.86. The predicted octanol–water partition coefficient (Wildman–Crippen LogP) is 3.14. The first-order valence-electron chi connectivity index (χ1n) is 13.7. The van der Waals surface area contributed by atoms with Gasteiger partial charge in [0.05, 0.1) is 23.5 Å². The fraction of sp³-hybridized carbons (Fsp3) is 0.483. The second-order valence-corrected chi connectivity index (χ2v) is 12.1. The lowest BCUT2D eigenvalue weighted by molar-refractivity contribution is -0.149. The Kier molecular flexibility index (Phi) is 7.97. The molecule has 2 N–H and O–H groups in total. The molecular weight excluding hydrogens is 549 g/mol. The molecule has 4 heterocycles. The van der Waals surface area contributed by atoms with Crippen LogP contribution in [0.15, 0.2) is 46.0 Å². The molecule has 5 rings (SSSR count). The second-order valence-electron chi connectivity index (χ2n) is 11.3. The number of aliphatic carboxylic acids is 1. The summed E-state index contributed by atoms with van der Waals surface area (Å²) in [5.74, 6) is -1.71. The van der Waals surface area contributed by atoms with E-state index < -0.39 is 29.2 Å². The van der Waals surface area contributed by atoms with Crippen LogP contribution in [0.1, 0.15) is 49.4 Å². The topological polar surface area (TPSA) is 124 Å². The number of likely N-dealkylation sites (tertiary alicyclic amines) is 2. The zero-order valence-corrected chi connectivity index (χ0v) is 24.3. The molecule has 0 bridgehead atoms. The normalized spacial score (nSPS) is 23.0. The van der Waals surface area contributed by atoms with Gasteiger partial charge in [-0.15, -0.1) is 11.3 Å². The molecule has 41 heavy (non-hydrogen) atoms. The van der Waals surface area contributed by atoms with Gasteiger partial charge in [-0.25, -0.2) is 14.2 Å². The lowest BCUT2D eigenvalue weighted by atomic mass is 9.92. The number of amides is 1. The summed E-state index contributed by atoms with van der Waals surface area (Å²) in [7, 11) is 0. The van der Waals surface area contributed by atoms with E-state index >= 15 is 0 Å². The van der Waals surface area contributed by atoms with Crippen molar-refractivity contribution in [3.8, 4) is 0 Å². The van der Waals surface area contributed by atoms with E-state index in [1.165, 1.54) is 17.4 Å². The minimum Gasteiger partial charge on any atom is -0.481 e. The molecule has 0 saturated carbocycles. The van der Waals surface area contributed by atoms with Crippen LogP contribution in [0.25, 0.3) is 0 Å². The van der Waals surface area contributed by atoms with Crippen molar-refractivity contribution >= 4 is 35.0 Å². The number of esters is 1. The average Bonchev–Trinajstić information content (AvgIpc) is 3.66. The number of fused-ring (bicyclic) bond motifs is 1. The number of carbonyl (C=O) groups excluding carboxylic acids is 2. The first-order valence-corrected chi connectivity index (χ1v) is 14.6. The summed E-state index contributed by atoms with van der Waals surface area (Å²) in [6.07, 6.45) is 2.30. The number of halogens is 1. The van der Waals surface area contributed by atoms with Crippen molar-refractivity contribution < 1.29 is 28.6 Å². The summed E-state index contributed by atoms with van der Waals surface area (Å²) in [5.41, 5.74) is 0.728. The van der Waals surface area contributed by atoms with Crippen molar-refractivity contribution in [2.75, 3.05) is 32.8 Å². The molecule has 0 aliphatic carbocycles. The predicted molar refractivity (Wildman–Crippen MR) is 151 cm³/mol. The number of carboxylic acids is 1. The Bertz CT molecular complexity index is 1420. The van der Waals surface area contributed by atoms with Crippen LogP contribution in [0.5, 0.6) is 0 Å².